The Balaban J connectivity index is 2.54. The van der Waals surface area contributed by atoms with Crippen LogP contribution in [0.4, 0.5) is 11.5 Å². The Kier molecular flexibility index (Phi) is 2.86. The first kappa shape index (κ1) is 12.8. The molecule has 19 heavy (non-hydrogen) atoms. The molecular formula is C9H8N4O5S. The summed E-state index contributed by atoms with van der Waals surface area (Å²) in [5.74, 6) is -0.275. The topological polar surface area (TPSA) is 141 Å². The van der Waals surface area contributed by atoms with E-state index in [9.17, 15) is 23.3 Å². The van der Waals surface area contributed by atoms with Gasteiger partial charge < -0.3 is 5.73 Å². The van der Waals surface area contributed by atoms with Gasteiger partial charge in [0.15, 0.2) is 0 Å². The predicted molar refractivity (Wildman–Crippen MR) is 65.1 cm³/mol. The number of nitrogens with zero attached hydrogens (tertiary/aromatic N) is 2. The molecule has 100 valence electrons. The van der Waals surface area contributed by atoms with E-state index in [1.807, 2.05) is 5.10 Å². The van der Waals surface area contributed by atoms with Gasteiger partial charge in [0.05, 0.1) is 9.82 Å². The Bertz CT molecular complexity index is 787. The van der Waals surface area contributed by atoms with Crippen LogP contribution in [-0.4, -0.2) is 22.5 Å². The van der Waals surface area contributed by atoms with Gasteiger partial charge in [0.1, 0.15) is 5.82 Å². The van der Waals surface area contributed by atoms with Gasteiger partial charge in [0.2, 0.25) is 0 Å². The van der Waals surface area contributed by atoms with E-state index in [0.29, 0.717) is 4.09 Å². The summed E-state index contributed by atoms with van der Waals surface area (Å²) >= 11 is 0. The Labute approximate surface area is 106 Å². The van der Waals surface area contributed by atoms with Crippen molar-refractivity contribution < 1.29 is 13.3 Å². The molecule has 0 saturated heterocycles. The van der Waals surface area contributed by atoms with E-state index in [4.69, 9.17) is 5.73 Å². The van der Waals surface area contributed by atoms with Gasteiger partial charge in [-0.25, -0.2) is 5.10 Å². The molecule has 10 heteroatoms. The zero-order valence-corrected chi connectivity index (χ0v) is 10.1. The van der Waals surface area contributed by atoms with E-state index in [2.05, 4.69) is 0 Å². The lowest BCUT2D eigenvalue weighted by Gasteiger charge is -2.06. The number of benzene rings is 1. The fourth-order valence-corrected chi connectivity index (χ4v) is 2.67. The molecule has 0 fully saturated rings. The molecule has 0 aliphatic carbocycles. The number of nitro benzene ring substituents is 1. The average Bonchev–Trinajstić information content (AvgIpc) is 2.69. The number of aromatic amines is 1. The van der Waals surface area contributed by atoms with Crippen LogP contribution in [0, 0.1) is 10.1 Å². The van der Waals surface area contributed by atoms with Gasteiger partial charge in [-0.3, -0.25) is 14.9 Å². The summed E-state index contributed by atoms with van der Waals surface area (Å²) in [4.78, 5) is 20.6. The van der Waals surface area contributed by atoms with Crippen LogP contribution < -0.4 is 11.3 Å². The summed E-state index contributed by atoms with van der Waals surface area (Å²) in [7, 11) is -4.08. The van der Waals surface area contributed by atoms with Crippen LogP contribution in [0.2, 0.25) is 0 Å². The highest BCUT2D eigenvalue weighted by molar-refractivity contribution is 7.90. The lowest BCUT2D eigenvalue weighted by atomic mass is 10.3. The first-order valence-corrected chi connectivity index (χ1v) is 6.34. The van der Waals surface area contributed by atoms with Crippen molar-refractivity contribution in [2.24, 2.45) is 0 Å². The molecule has 2 rings (SSSR count). The number of hydrogen-bond acceptors (Lipinski definition) is 6. The number of nitrogens with one attached hydrogen (secondary N) is 1. The maximum Gasteiger partial charge on any atom is 0.283 e. The first-order chi connectivity index (χ1) is 8.82. The number of non-ortho nitro benzene ring substituents is 1. The summed E-state index contributed by atoms with van der Waals surface area (Å²) in [5.41, 5.74) is 4.48. The van der Waals surface area contributed by atoms with Crippen molar-refractivity contribution >= 4 is 21.5 Å². The molecule has 3 N–H and O–H groups in total. The molecule has 0 saturated carbocycles. The molecule has 0 atom stereocenters. The highest BCUT2D eigenvalue weighted by atomic mass is 32.2. The second kappa shape index (κ2) is 4.24. The molecule has 0 spiro atoms. The summed E-state index contributed by atoms with van der Waals surface area (Å²) in [5, 5.41) is 12.5. The number of hydrogen-bond donors (Lipinski definition) is 2. The van der Waals surface area contributed by atoms with Crippen molar-refractivity contribution in [3.05, 3.63) is 50.8 Å². The van der Waals surface area contributed by atoms with Crippen molar-refractivity contribution in [1.82, 2.24) is 9.19 Å². The highest BCUT2D eigenvalue weighted by Crippen LogP contribution is 2.18. The van der Waals surface area contributed by atoms with Gasteiger partial charge in [-0.15, -0.1) is 0 Å². The van der Waals surface area contributed by atoms with Crippen molar-refractivity contribution in [2.75, 3.05) is 5.73 Å². The largest absolute Gasteiger partial charge is 0.383 e. The minimum absolute atomic E-state index is 0.225. The third-order valence-corrected chi connectivity index (χ3v) is 3.96. The fraction of sp³-hybridized carbons (Fsp3) is 0. The molecule has 2 aromatic rings. The third-order valence-electron chi connectivity index (χ3n) is 2.31. The molecule has 1 aromatic heterocycles. The van der Waals surface area contributed by atoms with E-state index in [-0.39, 0.29) is 16.4 Å². The molecule has 1 heterocycles. The molecule has 0 aliphatic heterocycles. The maximum absolute atomic E-state index is 12.1. The van der Waals surface area contributed by atoms with Gasteiger partial charge in [-0.1, -0.05) is 0 Å². The number of anilines is 1. The number of nitro groups is 1. The van der Waals surface area contributed by atoms with E-state index in [1.54, 1.807) is 0 Å². The quantitative estimate of drug-likeness (QED) is 0.595. The molecular weight excluding hydrogens is 276 g/mol. The zero-order chi connectivity index (χ0) is 14.2. The smallest absolute Gasteiger partial charge is 0.283 e. The average molecular weight is 284 g/mol. The van der Waals surface area contributed by atoms with Gasteiger partial charge in [-0.2, -0.15) is 12.5 Å². The summed E-state index contributed by atoms with van der Waals surface area (Å²) < 4.78 is 24.7. The molecule has 9 nitrogen and oxygen atoms in total. The van der Waals surface area contributed by atoms with Crippen molar-refractivity contribution in [1.29, 1.82) is 0 Å². The Morgan fingerprint density at radius 3 is 2.26 bits per heavy atom. The molecule has 0 radical (unpaired) electrons. The van der Waals surface area contributed by atoms with Crippen LogP contribution in [0.1, 0.15) is 0 Å². The number of H-pyrrole nitrogens is 1. The maximum atomic E-state index is 12.1. The molecule has 0 unspecified atom stereocenters. The van der Waals surface area contributed by atoms with Gasteiger partial charge in [0, 0.05) is 18.2 Å². The van der Waals surface area contributed by atoms with Crippen molar-refractivity contribution in [3.8, 4) is 0 Å². The second-order valence-electron chi connectivity index (χ2n) is 3.57. The number of nitrogen functional groups attached to an aromatic ring is 1. The lowest BCUT2D eigenvalue weighted by molar-refractivity contribution is -0.384. The SMILES string of the molecule is Nc1cc(=O)[nH]n1S(=O)(=O)c1ccc([N+](=O)[O-])cc1. The predicted octanol–water partition coefficient (Wildman–Crippen LogP) is -0.0962. The Hall–Kier alpha value is -2.62. The van der Waals surface area contributed by atoms with Crippen molar-refractivity contribution in [3.63, 3.8) is 0 Å². The second-order valence-corrected chi connectivity index (χ2v) is 5.35. The van der Waals surface area contributed by atoms with E-state index >= 15 is 0 Å². The summed E-state index contributed by atoms with van der Waals surface area (Å²) in [6, 6.07) is 5.13. The minimum atomic E-state index is -4.08. The number of aromatic nitrogens is 2. The van der Waals surface area contributed by atoms with E-state index in [0.717, 1.165) is 30.3 Å². The van der Waals surface area contributed by atoms with Gasteiger partial charge in [-0.05, 0) is 12.1 Å². The Morgan fingerprint density at radius 1 is 1.26 bits per heavy atom. The summed E-state index contributed by atoms with van der Waals surface area (Å²) in [6.45, 7) is 0. The molecule has 0 amide bonds. The fourth-order valence-electron chi connectivity index (χ4n) is 1.43. The highest BCUT2D eigenvalue weighted by Gasteiger charge is 2.20. The van der Waals surface area contributed by atoms with Crippen LogP contribution >= 0.6 is 0 Å². The monoisotopic (exact) mass is 284 g/mol. The lowest BCUT2D eigenvalue weighted by Crippen LogP contribution is -2.18. The molecule has 0 bridgehead atoms. The number of nitrogens with two attached hydrogens (primary N) is 1. The standard InChI is InChI=1S/C9H8N4O5S/c10-8-5-9(14)11-12(8)19(17,18)7-3-1-6(2-4-7)13(15)16/h1-5H,10H2,(H,11,14). The van der Waals surface area contributed by atoms with Crippen LogP contribution in [-0.2, 0) is 10.0 Å². The van der Waals surface area contributed by atoms with Gasteiger partial charge >= 0.3 is 0 Å². The number of rotatable bonds is 3. The summed E-state index contributed by atoms with van der Waals surface area (Å²) in [6.07, 6.45) is 0. The van der Waals surface area contributed by atoms with Crippen LogP contribution in [0.25, 0.3) is 0 Å². The Morgan fingerprint density at radius 2 is 1.84 bits per heavy atom. The van der Waals surface area contributed by atoms with E-state index in [1.165, 1.54) is 0 Å². The first-order valence-electron chi connectivity index (χ1n) is 4.90. The molecule has 1 aromatic carbocycles. The van der Waals surface area contributed by atoms with Crippen molar-refractivity contribution in [2.45, 2.75) is 4.90 Å². The normalized spacial score (nSPS) is 11.4. The molecule has 0 aliphatic rings. The van der Waals surface area contributed by atoms with Crippen LogP contribution in [0.5, 0.6) is 0 Å². The van der Waals surface area contributed by atoms with Gasteiger partial charge in [0.25, 0.3) is 21.3 Å². The third kappa shape index (κ3) is 2.20. The minimum Gasteiger partial charge on any atom is -0.383 e. The van der Waals surface area contributed by atoms with Crippen LogP contribution in [0.3, 0.4) is 0 Å². The van der Waals surface area contributed by atoms with E-state index < -0.39 is 20.5 Å². The zero-order valence-electron chi connectivity index (χ0n) is 9.31. The van der Waals surface area contributed by atoms with Crippen LogP contribution in [0.15, 0.2) is 40.0 Å².